The molecule has 8 heteroatoms. The second-order valence-corrected chi connectivity index (χ2v) is 12.0. The zero-order valence-electron chi connectivity index (χ0n) is 25.2. The Morgan fingerprint density at radius 2 is 1.77 bits per heavy atom. The predicted molar refractivity (Wildman–Crippen MR) is 166 cm³/mol. The van der Waals surface area contributed by atoms with E-state index in [2.05, 4.69) is 53.4 Å². The number of hydrogen-bond acceptors (Lipinski definition) is 7. The number of benzene rings is 3. The van der Waals surface area contributed by atoms with E-state index in [1.165, 1.54) is 27.8 Å². The van der Waals surface area contributed by atoms with Crippen LogP contribution in [0.3, 0.4) is 0 Å². The van der Waals surface area contributed by atoms with Crippen molar-refractivity contribution >= 4 is 5.91 Å². The van der Waals surface area contributed by atoms with Crippen molar-refractivity contribution in [3.05, 3.63) is 94.8 Å². The first-order chi connectivity index (χ1) is 21.6. The Hall–Kier alpha value is -3.85. The smallest absolute Gasteiger partial charge is 0.288 e. The van der Waals surface area contributed by atoms with E-state index in [9.17, 15) is 9.90 Å². The summed E-state index contributed by atoms with van der Waals surface area (Å²) < 4.78 is 23.4. The van der Waals surface area contributed by atoms with E-state index in [4.69, 9.17) is 18.9 Å². The largest absolute Gasteiger partial charge is 0.459 e. The van der Waals surface area contributed by atoms with Crippen molar-refractivity contribution in [3.63, 3.8) is 0 Å². The van der Waals surface area contributed by atoms with Crippen LogP contribution in [-0.4, -0.2) is 73.3 Å². The molecule has 44 heavy (non-hydrogen) atoms. The summed E-state index contributed by atoms with van der Waals surface area (Å²) in [5.74, 6) is 1.78. The molecule has 7 rings (SSSR count). The van der Waals surface area contributed by atoms with E-state index in [1.807, 2.05) is 30.0 Å². The Bertz CT molecular complexity index is 1550. The average molecular weight is 597 g/mol. The first kappa shape index (κ1) is 28.9. The summed E-state index contributed by atoms with van der Waals surface area (Å²) in [5, 5.41) is 9.69. The fourth-order valence-electron chi connectivity index (χ4n) is 7.07. The molecule has 0 spiro atoms. The van der Waals surface area contributed by atoms with E-state index in [0.29, 0.717) is 31.9 Å². The van der Waals surface area contributed by atoms with E-state index in [-0.39, 0.29) is 31.1 Å². The second kappa shape index (κ2) is 12.6. The van der Waals surface area contributed by atoms with Crippen LogP contribution in [0.5, 0.6) is 11.5 Å². The average Bonchev–Trinajstić information content (AvgIpc) is 3.68. The Morgan fingerprint density at radius 1 is 0.955 bits per heavy atom. The van der Waals surface area contributed by atoms with E-state index in [1.54, 1.807) is 0 Å². The topological polar surface area (TPSA) is 80.7 Å². The van der Waals surface area contributed by atoms with Gasteiger partial charge in [0.2, 0.25) is 13.1 Å². The first-order valence-electron chi connectivity index (χ1n) is 15.8. The molecular weight excluding hydrogens is 556 g/mol. The van der Waals surface area contributed by atoms with Gasteiger partial charge >= 0.3 is 0 Å². The van der Waals surface area contributed by atoms with Gasteiger partial charge in [-0.2, -0.15) is 0 Å². The molecule has 1 fully saturated rings. The molecule has 0 saturated carbocycles. The minimum Gasteiger partial charge on any atom is -0.459 e. The van der Waals surface area contributed by atoms with Crippen molar-refractivity contribution in [3.8, 4) is 22.6 Å². The lowest BCUT2D eigenvalue weighted by molar-refractivity contribution is -0.171. The zero-order chi connectivity index (χ0) is 30.0. The number of hydrogen-bond donors (Lipinski definition) is 1. The van der Waals surface area contributed by atoms with Crippen LogP contribution in [0.4, 0.5) is 0 Å². The van der Waals surface area contributed by atoms with Crippen LogP contribution in [-0.2, 0) is 27.2 Å². The molecular formula is C36H40N2O6. The van der Waals surface area contributed by atoms with Gasteiger partial charge in [-0.15, -0.1) is 0 Å². The number of carbonyl (C=O) groups is 1. The quantitative estimate of drug-likeness (QED) is 0.289. The summed E-state index contributed by atoms with van der Waals surface area (Å²) in [5.41, 5.74) is 7.56. The zero-order valence-corrected chi connectivity index (χ0v) is 25.2. The molecule has 1 saturated heterocycles. The highest BCUT2D eigenvalue weighted by molar-refractivity contribution is 5.92. The lowest BCUT2D eigenvalue weighted by Crippen LogP contribution is -2.49. The number of carbonyl (C=O) groups excluding carboxylic acids is 1. The molecule has 0 aromatic heterocycles. The second-order valence-electron chi connectivity index (χ2n) is 12.0. The van der Waals surface area contributed by atoms with Gasteiger partial charge in [0.25, 0.3) is 5.91 Å². The SMILES string of the molecule is CCO[C@H]1OC(C(=O)N2CCN(Cc3ccc4c(c3)OCO4)CC2)=C[C@@H](c2ccc3c(c2)Cc2ccccc2-3)[C@@H]1CCCO. The molecule has 3 aromatic rings. The van der Waals surface area contributed by atoms with Crippen molar-refractivity contribution in [1.82, 2.24) is 9.80 Å². The molecule has 3 atom stereocenters. The number of rotatable bonds is 9. The van der Waals surface area contributed by atoms with Crippen molar-refractivity contribution in [2.45, 2.75) is 44.9 Å². The van der Waals surface area contributed by atoms with Gasteiger partial charge in [-0.25, -0.2) is 0 Å². The van der Waals surface area contributed by atoms with Crippen LogP contribution in [0.15, 0.2) is 72.5 Å². The van der Waals surface area contributed by atoms with Gasteiger partial charge in [0, 0.05) is 57.8 Å². The maximum Gasteiger partial charge on any atom is 0.288 e. The van der Waals surface area contributed by atoms with Gasteiger partial charge < -0.3 is 29.0 Å². The third kappa shape index (κ3) is 5.70. The number of nitrogens with zero attached hydrogens (tertiary/aromatic N) is 2. The van der Waals surface area contributed by atoms with Crippen LogP contribution >= 0.6 is 0 Å². The van der Waals surface area contributed by atoms with Gasteiger partial charge in [0.15, 0.2) is 17.3 Å². The third-order valence-electron chi connectivity index (χ3n) is 9.33. The Balaban J connectivity index is 1.09. The molecule has 230 valence electrons. The number of fused-ring (bicyclic) bond motifs is 4. The van der Waals surface area contributed by atoms with Crippen LogP contribution in [0.2, 0.25) is 0 Å². The van der Waals surface area contributed by atoms with Crippen molar-refractivity contribution in [1.29, 1.82) is 0 Å². The Labute approximate surface area is 258 Å². The van der Waals surface area contributed by atoms with Crippen molar-refractivity contribution < 1.29 is 28.8 Å². The lowest BCUT2D eigenvalue weighted by Gasteiger charge is -2.39. The number of piperazine rings is 1. The molecule has 0 unspecified atom stereocenters. The maximum absolute atomic E-state index is 13.9. The van der Waals surface area contributed by atoms with Gasteiger partial charge in [0.05, 0.1) is 0 Å². The number of ether oxygens (including phenoxy) is 4. The number of aliphatic hydroxyl groups excluding tert-OH is 1. The number of allylic oxidation sites excluding steroid dienone is 1. The molecule has 1 amide bonds. The fraction of sp³-hybridized carbons (Fsp3) is 0.417. The summed E-state index contributed by atoms with van der Waals surface area (Å²) in [4.78, 5) is 18.2. The van der Waals surface area contributed by atoms with Crippen molar-refractivity contribution in [2.75, 3.05) is 46.2 Å². The summed E-state index contributed by atoms with van der Waals surface area (Å²) in [6.45, 7) is 6.39. The highest BCUT2D eigenvalue weighted by Gasteiger charge is 2.39. The molecule has 4 aliphatic rings. The molecule has 1 aliphatic carbocycles. The van der Waals surface area contributed by atoms with E-state index in [0.717, 1.165) is 49.5 Å². The lowest BCUT2D eigenvalue weighted by atomic mass is 9.79. The normalized spacial score (nSPS) is 22.3. The summed E-state index contributed by atoms with van der Waals surface area (Å²) in [6.07, 6.45) is 3.75. The van der Waals surface area contributed by atoms with Crippen LogP contribution in [0.25, 0.3) is 11.1 Å². The maximum atomic E-state index is 13.9. The highest BCUT2D eigenvalue weighted by Crippen LogP contribution is 2.43. The van der Waals surface area contributed by atoms with Crippen LogP contribution in [0, 0.1) is 5.92 Å². The molecule has 3 aromatic carbocycles. The fourth-order valence-corrected chi connectivity index (χ4v) is 7.07. The van der Waals surface area contributed by atoms with E-state index < -0.39 is 6.29 Å². The summed E-state index contributed by atoms with van der Waals surface area (Å²) in [6, 6.07) is 21.4. The molecule has 3 heterocycles. The highest BCUT2D eigenvalue weighted by atomic mass is 16.7. The predicted octanol–water partition coefficient (Wildman–Crippen LogP) is 5.08. The molecule has 8 nitrogen and oxygen atoms in total. The van der Waals surface area contributed by atoms with Crippen molar-refractivity contribution in [2.24, 2.45) is 5.92 Å². The Morgan fingerprint density at radius 3 is 2.61 bits per heavy atom. The standard InChI is InChI=1S/C36H40N2O6/c1-2-41-36-30(8-5-17-39)31(26-10-11-29-27(20-26)19-25-6-3-4-7-28(25)29)21-34(44-36)35(40)38-15-13-37(14-16-38)22-24-9-12-32-33(18-24)43-23-42-32/h3-4,6-7,9-12,18,20-21,30-31,36,39H,2,5,8,13-17,19,22-23H2,1H3/t30-,31-,36-/m0/s1. The monoisotopic (exact) mass is 596 g/mol. The van der Waals surface area contributed by atoms with Gasteiger partial charge in [-0.1, -0.05) is 48.5 Å². The number of aliphatic hydroxyl groups is 1. The van der Waals surface area contributed by atoms with Crippen LogP contribution in [0.1, 0.15) is 47.9 Å². The van der Waals surface area contributed by atoms with Gasteiger partial charge in [-0.05, 0) is 77.8 Å². The molecule has 3 aliphatic heterocycles. The first-order valence-corrected chi connectivity index (χ1v) is 15.8. The van der Waals surface area contributed by atoms with Gasteiger partial charge in [-0.3, -0.25) is 9.69 Å². The minimum atomic E-state index is -0.557. The molecule has 1 N–H and O–H groups in total. The van der Waals surface area contributed by atoms with E-state index >= 15 is 0 Å². The molecule has 0 bridgehead atoms. The summed E-state index contributed by atoms with van der Waals surface area (Å²) >= 11 is 0. The van der Waals surface area contributed by atoms with Crippen LogP contribution < -0.4 is 9.47 Å². The molecule has 0 radical (unpaired) electrons. The minimum absolute atomic E-state index is 0.0148. The summed E-state index contributed by atoms with van der Waals surface area (Å²) in [7, 11) is 0. The number of amides is 1. The third-order valence-corrected chi connectivity index (χ3v) is 9.33. The van der Waals surface area contributed by atoms with Gasteiger partial charge in [0.1, 0.15) is 0 Å². The Kier molecular flexibility index (Phi) is 8.30.